The zero-order valence-electron chi connectivity index (χ0n) is 6.84. The van der Waals surface area contributed by atoms with Crippen molar-refractivity contribution in [3.8, 4) is 0 Å². The number of hydrogen-bond donors (Lipinski definition) is 0. The highest BCUT2D eigenvalue weighted by molar-refractivity contribution is 4.90. The predicted octanol–water partition coefficient (Wildman–Crippen LogP) is 3.20. The van der Waals surface area contributed by atoms with Crippen LogP contribution in [0.4, 0.5) is 0 Å². The Balaban J connectivity index is 2.38. The van der Waals surface area contributed by atoms with E-state index < -0.39 is 0 Å². The van der Waals surface area contributed by atoms with E-state index in [1.807, 2.05) is 0 Å². The van der Waals surface area contributed by atoms with Gasteiger partial charge in [0.15, 0.2) is 0 Å². The van der Waals surface area contributed by atoms with E-state index in [1.165, 1.54) is 25.7 Å². The van der Waals surface area contributed by atoms with Crippen LogP contribution in [0.5, 0.6) is 0 Å². The van der Waals surface area contributed by atoms with Gasteiger partial charge in [0.05, 0.1) is 0 Å². The lowest BCUT2D eigenvalue weighted by Gasteiger charge is -2.13. The summed E-state index contributed by atoms with van der Waals surface area (Å²) in [7, 11) is 0. The Labute approximate surface area is 64.3 Å². The molecule has 0 fully saturated rings. The first-order valence-corrected chi connectivity index (χ1v) is 4.29. The lowest BCUT2D eigenvalue weighted by atomic mass is 9.92. The van der Waals surface area contributed by atoms with E-state index in [9.17, 15) is 0 Å². The summed E-state index contributed by atoms with van der Waals surface area (Å²) in [5, 5.41) is 0. The fourth-order valence-corrected chi connectivity index (χ4v) is 1.45. The molecule has 0 saturated heterocycles. The van der Waals surface area contributed by atoms with Gasteiger partial charge in [-0.05, 0) is 31.6 Å². The molecule has 1 aliphatic rings. The van der Waals surface area contributed by atoms with Crippen LogP contribution in [-0.2, 0) is 0 Å². The minimum Gasteiger partial charge on any atom is -0.0880 e. The molecule has 0 saturated carbocycles. The number of hydrogen-bond acceptors (Lipinski definition) is 0. The van der Waals surface area contributed by atoms with E-state index in [-0.39, 0.29) is 0 Å². The van der Waals surface area contributed by atoms with Gasteiger partial charge >= 0.3 is 0 Å². The first-order valence-electron chi connectivity index (χ1n) is 4.29. The monoisotopic (exact) mass is 137 g/mol. The molecule has 0 N–H and O–H groups in total. The molecular formula is C10H17. The SMILES string of the molecule is [CH2]C1CC=CC(C)CCC1. The maximum Gasteiger partial charge on any atom is -0.0262 e. The molecule has 2 unspecified atom stereocenters. The summed E-state index contributed by atoms with van der Waals surface area (Å²) in [5.74, 6) is 1.47. The summed E-state index contributed by atoms with van der Waals surface area (Å²) >= 11 is 0. The zero-order valence-corrected chi connectivity index (χ0v) is 6.84. The summed E-state index contributed by atoms with van der Waals surface area (Å²) in [5.41, 5.74) is 0. The zero-order chi connectivity index (χ0) is 7.40. The molecule has 0 aromatic heterocycles. The van der Waals surface area contributed by atoms with Gasteiger partial charge in [0, 0.05) is 0 Å². The Morgan fingerprint density at radius 2 is 2.20 bits per heavy atom. The third kappa shape index (κ3) is 2.55. The normalized spacial score (nSPS) is 35.0. The second-order valence-electron chi connectivity index (χ2n) is 3.44. The van der Waals surface area contributed by atoms with Gasteiger partial charge in [0.2, 0.25) is 0 Å². The third-order valence-corrected chi connectivity index (χ3v) is 2.21. The minimum absolute atomic E-state index is 0.670. The van der Waals surface area contributed by atoms with Crippen molar-refractivity contribution in [3.05, 3.63) is 19.1 Å². The second kappa shape index (κ2) is 3.80. The Morgan fingerprint density at radius 3 is 3.00 bits per heavy atom. The summed E-state index contributed by atoms with van der Waals surface area (Å²) < 4.78 is 0. The van der Waals surface area contributed by atoms with E-state index in [0.717, 1.165) is 5.92 Å². The van der Waals surface area contributed by atoms with Gasteiger partial charge in [-0.2, -0.15) is 0 Å². The first kappa shape index (κ1) is 7.84. The third-order valence-electron chi connectivity index (χ3n) is 2.21. The fraction of sp³-hybridized carbons (Fsp3) is 0.700. The van der Waals surface area contributed by atoms with Crippen LogP contribution in [0.1, 0.15) is 32.6 Å². The van der Waals surface area contributed by atoms with E-state index in [0.29, 0.717) is 5.92 Å². The molecule has 0 amide bonds. The van der Waals surface area contributed by atoms with Gasteiger partial charge in [-0.15, -0.1) is 0 Å². The molecule has 57 valence electrons. The molecule has 1 rings (SSSR count). The maximum absolute atomic E-state index is 4.07. The van der Waals surface area contributed by atoms with E-state index in [4.69, 9.17) is 0 Å². The fourth-order valence-electron chi connectivity index (χ4n) is 1.45. The Morgan fingerprint density at radius 1 is 1.40 bits per heavy atom. The molecule has 0 aromatic rings. The van der Waals surface area contributed by atoms with Crippen molar-refractivity contribution >= 4 is 0 Å². The average Bonchev–Trinajstić information content (AvgIpc) is 1.84. The van der Waals surface area contributed by atoms with Crippen LogP contribution in [0.25, 0.3) is 0 Å². The number of rotatable bonds is 0. The van der Waals surface area contributed by atoms with Crippen molar-refractivity contribution in [1.82, 2.24) is 0 Å². The lowest BCUT2D eigenvalue weighted by molar-refractivity contribution is 0.491. The topological polar surface area (TPSA) is 0 Å². The van der Waals surface area contributed by atoms with Crippen molar-refractivity contribution in [3.63, 3.8) is 0 Å². The smallest absolute Gasteiger partial charge is 0.0262 e. The molecule has 10 heavy (non-hydrogen) atoms. The first-order chi connectivity index (χ1) is 4.79. The summed E-state index contributed by atoms with van der Waals surface area (Å²) in [6, 6.07) is 0. The van der Waals surface area contributed by atoms with Crippen LogP contribution in [0.15, 0.2) is 12.2 Å². The van der Waals surface area contributed by atoms with Crippen LogP contribution in [-0.4, -0.2) is 0 Å². The van der Waals surface area contributed by atoms with Gasteiger partial charge in [0.25, 0.3) is 0 Å². The van der Waals surface area contributed by atoms with Crippen molar-refractivity contribution in [2.75, 3.05) is 0 Å². The Bertz CT molecular complexity index is 113. The molecule has 0 heterocycles. The predicted molar refractivity (Wildman–Crippen MR) is 45.6 cm³/mol. The van der Waals surface area contributed by atoms with E-state index in [1.54, 1.807) is 0 Å². The van der Waals surface area contributed by atoms with Crippen LogP contribution in [0, 0.1) is 18.8 Å². The van der Waals surface area contributed by atoms with Crippen LogP contribution >= 0.6 is 0 Å². The molecule has 0 bridgehead atoms. The van der Waals surface area contributed by atoms with E-state index in [2.05, 4.69) is 26.0 Å². The minimum atomic E-state index is 0.670. The highest BCUT2D eigenvalue weighted by Crippen LogP contribution is 2.19. The summed E-state index contributed by atoms with van der Waals surface area (Å²) in [4.78, 5) is 0. The molecule has 0 nitrogen and oxygen atoms in total. The van der Waals surface area contributed by atoms with Crippen LogP contribution in [0.3, 0.4) is 0 Å². The number of allylic oxidation sites excluding steroid dienone is 2. The second-order valence-corrected chi connectivity index (χ2v) is 3.44. The van der Waals surface area contributed by atoms with Gasteiger partial charge in [-0.25, -0.2) is 0 Å². The van der Waals surface area contributed by atoms with Gasteiger partial charge in [0.1, 0.15) is 0 Å². The Hall–Kier alpha value is -0.260. The van der Waals surface area contributed by atoms with Gasteiger partial charge < -0.3 is 0 Å². The maximum atomic E-state index is 4.07. The van der Waals surface area contributed by atoms with Gasteiger partial charge in [-0.3, -0.25) is 0 Å². The summed E-state index contributed by atoms with van der Waals surface area (Å²) in [6.07, 6.45) is 9.83. The molecular weight excluding hydrogens is 120 g/mol. The Kier molecular flexibility index (Phi) is 2.98. The molecule has 1 aliphatic carbocycles. The van der Waals surface area contributed by atoms with Crippen molar-refractivity contribution < 1.29 is 0 Å². The highest BCUT2D eigenvalue weighted by Gasteiger charge is 2.05. The molecule has 2 atom stereocenters. The molecule has 1 radical (unpaired) electrons. The highest BCUT2D eigenvalue weighted by atomic mass is 14.1. The molecule has 0 aromatic carbocycles. The quantitative estimate of drug-likeness (QED) is 0.450. The molecule has 0 heteroatoms. The largest absolute Gasteiger partial charge is 0.0880 e. The van der Waals surface area contributed by atoms with Crippen molar-refractivity contribution in [1.29, 1.82) is 0 Å². The van der Waals surface area contributed by atoms with E-state index >= 15 is 0 Å². The average molecular weight is 137 g/mol. The van der Waals surface area contributed by atoms with Crippen LogP contribution < -0.4 is 0 Å². The van der Waals surface area contributed by atoms with Gasteiger partial charge in [-0.1, -0.05) is 31.9 Å². The van der Waals surface area contributed by atoms with Crippen LogP contribution in [0.2, 0.25) is 0 Å². The molecule has 0 aliphatic heterocycles. The summed E-state index contributed by atoms with van der Waals surface area (Å²) in [6.45, 7) is 6.36. The van der Waals surface area contributed by atoms with Crippen molar-refractivity contribution in [2.24, 2.45) is 11.8 Å². The lowest BCUT2D eigenvalue weighted by Crippen LogP contribution is -1.99. The standard InChI is InChI=1S/C10H17/c1-9-5-3-7-10(2)8-4-6-9/h3,7,9-10H,1,4-6,8H2,2H3. The van der Waals surface area contributed by atoms with Crippen molar-refractivity contribution in [2.45, 2.75) is 32.6 Å². The molecule has 0 spiro atoms.